The Balaban J connectivity index is 1.68. The predicted octanol–water partition coefficient (Wildman–Crippen LogP) is 3.03. The second-order valence-corrected chi connectivity index (χ2v) is 6.94. The normalized spacial score (nSPS) is 19.1. The molecule has 0 unspecified atom stereocenters. The summed E-state index contributed by atoms with van der Waals surface area (Å²) in [6.45, 7) is 2.30. The van der Waals surface area contributed by atoms with Crippen LogP contribution in [-0.2, 0) is 11.3 Å². The second-order valence-electron chi connectivity index (χ2n) is 6.94. The van der Waals surface area contributed by atoms with Gasteiger partial charge in [-0.3, -0.25) is 4.99 Å². The third kappa shape index (κ3) is 3.40. The summed E-state index contributed by atoms with van der Waals surface area (Å²) in [6.07, 6.45) is 1.90. The van der Waals surface area contributed by atoms with Gasteiger partial charge in [0.05, 0.1) is 36.1 Å². The quantitative estimate of drug-likeness (QED) is 0.730. The summed E-state index contributed by atoms with van der Waals surface area (Å²) in [5.74, 6) is 0.602. The minimum Gasteiger partial charge on any atom is -0.465 e. The summed E-state index contributed by atoms with van der Waals surface area (Å²) in [4.78, 5) is 17.0. The molecule has 140 valence electrons. The number of piperidine rings is 1. The lowest BCUT2D eigenvalue weighted by Crippen LogP contribution is -2.57. The van der Waals surface area contributed by atoms with Crippen LogP contribution in [0.15, 0.2) is 53.5 Å². The highest BCUT2D eigenvalue weighted by atomic mass is 16.5. The molecule has 0 bridgehead atoms. The molecule has 27 heavy (non-hydrogen) atoms. The summed E-state index contributed by atoms with van der Waals surface area (Å²) in [5.41, 5.74) is 3.35. The van der Waals surface area contributed by atoms with Crippen LogP contribution in [0.25, 0.3) is 0 Å². The number of fused-ring (bicyclic) bond motifs is 1. The van der Waals surface area contributed by atoms with E-state index in [0.29, 0.717) is 12.1 Å². The largest absolute Gasteiger partial charge is 0.465 e. The Morgan fingerprint density at radius 3 is 2.56 bits per heavy atom. The van der Waals surface area contributed by atoms with Crippen molar-refractivity contribution in [3.05, 3.63) is 59.7 Å². The summed E-state index contributed by atoms with van der Waals surface area (Å²) in [7, 11) is 1.40. The number of hydrogen-bond donors (Lipinski definition) is 3. The van der Waals surface area contributed by atoms with E-state index in [9.17, 15) is 4.79 Å². The van der Waals surface area contributed by atoms with Crippen LogP contribution in [0.4, 0.5) is 11.4 Å². The van der Waals surface area contributed by atoms with Gasteiger partial charge in [-0.15, -0.1) is 0 Å². The number of methoxy groups -OCH3 is 1. The van der Waals surface area contributed by atoms with Gasteiger partial charge in [0.2, 0.25) is 0 Å². The molecule has 0 atom stereocenters. The highest BCUT2D eigenvalue weighted by Crippen LogP contribution is 2.35. The van der Waals surface area contributed by atoms with Crippen molar-refractivity contribution in [2.75, 3.05) is 30.8 Å². The Morgan fingerprint density at radius 2 is 1.78 bits per heavy atom. The average molecular weight is 364 g/mol. The fourth-order valence-electron chi connectivity index (χ4n) is 3.80. The number of carbonyl (C=O) groups is 1. The number of ether oxygens (including phenoxy) is 1. The lowest BCUT2D eigenvalue weighted by Gasteiger charge is -2.44. The summed E-state index contributed by atoms with van der Waals surface area (Å²) < 4.78 is 4.90. The standard InChI is InChI=1S/C21H24N4O2/c1-27-19(26)16-7-3-2-6-15(16)14-23-20-21(10-12-22-13-11-21)25-18-9-5-4-8-17(18)24-20/h2-9,22,25H,10-14H2,1H3,(H,23,24). The number of rotatable bonds is 3. The molecule has 6 heteroatoms. The Labute approximate surface area is 159 Å². The molecule has 0 radical (unpaired) electrons. The smallest absolute Gasteiger partial charge is 0.338 e. The van der Waals surface area contributed by atoms with Gasteiger partial charge in [-0.25, -0.2) is 4.79 Å². The van der Waals surface area contributed by atoms with Crippen LogP contribution in [0.5, 0.6) is 0 Å². The SMILES string of the molecule is COC(=O)c1ccccc1CN=C1Nc2ccccc2NC12CCNCC2. The maximum Gasteiger partial charge on any atom is 0.338 e. The summed E-state index contributed by atoms with van der Waals surface area (Å²) in [6, 6.07) is 15.7. The van der Waals surface area contributed by atoms with Gasteiger partial charge in [-0.1, -0.05) is 30.3 Å². The minimum atomic E-state index is -0.331. The van der Waals surface area contributed by atoms with E-state index in [1.54, 1.807) is 6.07 Å². The third-order valence-electron chi connectivity index (χ3n) is 5.29. The molecule has 2 aromatic rings. The molecule has 2 heterocycles. The monoisotopic (exact) mass is 364 g/mol. The molecule has 0 saturated carbocycles. The molecule has 2 aliphatic rings. The molecule has 6 nitrogen and oxygen atoms in total. The molecule has 1 spiro atoms. The Hall–Kier alpha value is -2.86. The zero-order valence-electron chi connectivity index (χ0n) is 15.4. The number of para-hydroxylation sites is 2. The van der Waals surface area contributed by atoms with E-state index < -0.39 is 0 Å². The molecule has 2 aromatic carbocycles. The maximum absolute atomic E-state index is 12.0. The van der Waals surface area contributed by atoms with Gasteiger partial charge in [0.25, 0.3) is 0 Å². The minimum absolute atomic E-state index is 0.209. The van der Waals surface area contributed by atoms with Crippen LogP contribution < -0.4 is 16.0 Å². The van der Waals surface area contributed by atoms with E-state index in [1.165, 1.54) is 7.11 Å². The van der Waals surface area contributed by atoms with Crippen LogP contribution in [0.3, 0.4) is 0 Å². The zero-order chi connectivity index (χ0) is 18.7. The molecule has 1 saturated heterocycles. The first kappa shape index (κ1) is 17.5. The van der Waals surface area contributed by atoms with E-state index in [4.69, 9.17) is 9.73 Å². The average Bonchev–Trinajstić information content (AvgIpc) is 2.72. The number of anilines is 2. The van der Waals surface area contributed by atoms with Gasteiger partial charge in [-0.05, 0) is 49.7 Å². The third-order valence-corrected chi connectivity index (χ3v) is 5.29. The highest BCUT2D eigenvalue weighted by molar-refractivity contribution is 6.09. The lowest BCUT2D eigenvalue weighted by atomic mass is 9.84. The molecule has 3 N–H and O–H groups in total. The van der Waals surface area contributed by atoms with E-state index in [2.05, 4.69) is 22.0 Å². The predicted molar refractivity (Wildman–Crippen MR) is 107 cm³/mol. The number of amidine groups is 1. The lowest BCUT2D eigenvalue weighted by molar-refractivity contribution is 0.0599. The molecule has 1 fully saturated rings. The van der Waals surface area contributed by atoms with Crippen LogP contribution in [0, 0.1) is 0 Å². The van der Waals surface area contributed by atoms with Crippen LogP contribution >= 0.6 is 0 Å². The van der Waals surface area contributed by atoms with Crippen molar-refractivity contribution in [1.29, 1.82) is 0 Å². The van der Waals surface area contributed by atoms with Gasteiger partial charge in [0, 0.05) is 0 Å². The fraction of sp³-hybridized carbons (Fsp3) is 0.333. The number of benzene rings is 2. The van der Waals surface area contributed by atoms with Gasteiger partial charge < -0.3 is 20.7 Å². The molecule has 0 aliphatic carbocycles. The van der Waals surface area contributed by atoms with Crippen molar-refractivity contribution in [1.82, 2.24) is 5.32 Å². The van der Waals surface area contributed by atoms with E-state index in [0.717, 1.165) is 48.7 Å². The molecule has 4 rings (SSSR count). The number of carbonyl (C=O) groups excluding carboxylic acids is 1. The topological polar surface area (TPSA) is 74.8 Å². The van der Waals surface area contributed by atoms with Crippen LogP contribution in [-0.4, -0.2) is 37.5 Å². The Morgan fingerprint density at radius 1 is 1.07 bits per heavy atom. The number of aliphatic imine (C=N–C) groups is 1. The molecule has 2 aliphatic heterocycles. The van der Waals surface area contributed by atoms with Crippen molar-refractivity contribution >= 4 is 23.2 Å². The first-order chi connectivity index (χ1) is 13.2. The number of nitrogens with one attached hydrogen (secondary N) is 3. The second kappa shape index (κ2) is 7.40. The molecular formula is C21H24N4O2. The zero-order valence-corrected chi connectivity index (χ0v) is 15.4. The molecule has 0 aromatic heterocycles. The van der Waals surface area contributed by atoms with Gasteiger partial charge >= 0.3 is 5.97 Å². The summed E-state index contributed by atoms with van der Waals surface area (Å²) in [5, 5.41) is 10.7. The van der Waals surface area contributed by atoms with E-state index >= 15 is 0 Å². The Kier molecular flexibility index (Phi) is 4.81. The first-order valence-corrected chi connectivity index (χ1v) is 9.28. The van der Waals surface area contributed by atoms with Crippen molar-refractivity contribution in [2.45, 2.75) is 24.9 Å². The fourth-order valence-corrected chi connectivity index (χ4v) is 3.80. The van der Waals surface area contributed by atoms with Crippen molar-refractivity contribution in [3.8, 4) is 0 Å². The van der Waals surface area contributed by atoms with Gasteiger partial charge in [0.15, 0.2) is 0 Å². The highest BCUT2D eigenvalue weighted by Gasteiger charge is 2.40. The molecule has 0 amide bonds. The van der Waals surface area contributed by atoms with E-state index in [1.807, 2.05) is 36.4 Å². The van der Waals surface area contributed by atoms with Crippen LogP contribution in [0.1, 0.15) is 28.8 Å². The van der Waals surface area contributed by atoms with Gasteiger partial charge in [-0.2, -0.15) is 0 Å². The number of esters is 1. The Bertz CT molecular complexity index is 872. The first-order valence-electron chi connectivity index (χ1n) is 9.28. The van der Waals surface area contributed by atoms with Crippen molar-refractivity contribution in [3.63, 3.8) is 0 Å². The number of nitrogens with zero attached hydrogens (tertiary/aromatic N) is 1. The van der Waals surface area contributed by atoms with Crippen molar-refractivity contribution in [2.24, 2.45) is 4.99 Å². The number of hydrogen-bond acceptors (Lipinski definition) is 5. The van der Waals surface area contributed by atoms with Gasteiger partial charge in [0.1, 0.15) is 5.84 Å². The maximum atomic E-state index is 12.0. The van der Waals surface area contributed by atoms with Crippen molar-refractivity contribution < 1.29 is 9.53 Å². The summed E-state index contributed by atoms with van der Waals surface area (Å²) >= 11 is 0. The van der Waals surface area contributed by atoms with E-state index in [-0.39, 0.29) is 11.5 Å². The molecular weight excluding hydrogens is 340 g/mol. The van der Waals surface area contributed by atoms with Crippen LogP contribution in [0.2, 0.25) is 0 Å².